The van der Waals surface area contributed by atoms with E-state index >= 15 is 0 Å². The fraction of sp³-hybridized carbons (Fsp3) is 0.385. The normalized spacial score (nSPS) is 10.1. The van der Waals surface area contributed by atoms with Crippen LogP contribution in [-0.2, 0) is 9.53 Å². The van der Waals surface area contributed by atoms with Gasteiger partial charge in [0.1, 0.15) is 0 Å². The van der Waals surface area contributed by atoms with Gasteiger partial charge in [-0.15, -0.1) is 0 Å². The number of aromatic carboxylic acids is 1. The van der Waals surface area contributed by atoms with E-state index in [1.54, 1.807) is 0 Å². The molecule has 8 heteroatoms. The SMILES string of the molecule is CCCOCCC(=O)Nc1cc([N+](=O)[O-])ccc1C(=O)O. The zero-order valence-electron chi connectivity index (χ0n) is 11.5. The minimum Gasteiger partial charge on any atom is -0.478 e. The van der Waals surface area contributed by atoms with Gasteiger partial charge in [0, 0.05) is 18.7 Å². The highest BCUT2D eigenvalue weighted by Crippen LogP contribution is 2.22. The Morgan fingerprint density at radius 2 is 2.10 bits per heavy atom. The third-order valence-corrected chi connectivity index (χ3v) is 2.54. The molecule has 0 spiro atoms. The summed E-state index contributed by atoms with van der Waals surface area (Å²) in [6.45, 7) is 2.67. The molecular formula is C13H16N2O6. The van der Waals surface area contributed by atoms with Crippen LogP contribution in [0.3, 0.4) is 0 Å². The van der Waals surface area contributed by atoms with Gasteiger partial charge in [0.05, 0.1) is 29.2 Å². The Bertz CT molecular complexity index is 543. The third-order valence-electron chi connectivity index (χ3n) is 2.54. The van der Waals surface area contributed by atoms with Crippen LogP contribution in [0.1, 0.15) is 30.1 Å². The molecule has 0 atom stereocenters. The maximum Gasteiger partial charge on any atom is 0.337 e. The number of carboxylic acids is 1. The molecule has 1 rings (SSSR count). The number of ether oxygens (including phenoxy) is 1. The second kappa shape index (κ2) is 7.95. The van der Waals surface area contributed by atoms with Gasteiger partial charge in [0.2, 0.25) is 5.91 Å². The quantitative estimate of drug-likeness (QED) is 0.430. The lowest BCUT2D eigenvalue weighted by Gasteiger charge is -2.08. The number of hydrogen-bond donors (Lipinski definition) is 2. The molecule has 1 aromatic carbocycles. The predicted molar refractivity (Wildman–Crippen MR) is 74.4 cm³/mol. The predicted octanol–water partition coefficient (Wildman–Crippen LogP) is 2.05. The first-order valence-electron chi connectivity index (χ1n) is 6.35. The zero-order valence-corrected chi connectivity index (χ0v) is 11.5. The number of nitro groups is 1. The Hall–Kier alpha value is -2.48. The largest absolute Gasteiger partial charge is 0.478 e. The van der Waals surface area contributed by atoms with E-state index < -0.39 is 16.8 Å². The topological polar surface area (TPSA) is 119 Å². The molecule has 0 bridgehead atoms. The van der Waals surface area contributed by atoms with Crippen molar-refractivity contribution in [3.05, 3.63) is 33.9 Å². The Morgan fingerprint density at radius 3 is 2.67 bits per heavy atom. The number of amides is 1. The molecular weight excluding hydrogens is 280 g/mol. The summed E-state index contributed by atoms with van der Waals surface area (Å²) in [6, 6.07) is 3.18. The van der Waals surface area contributed by atoms with Crippen LogP contribution in [0.2, 0.25) is 0 Å². The van der Waals surface area contributed by atoms with E-state index in [1.165, 1.54) is 0 Å². The molecule has 0 heterocycles. The summed E-state index contributed by atoms with van der Waals surface area (Å²) in [5.41, 5.74) is -0.599. The molecule has 0 aliphatic rings. The Kier molecular flexibility index (Phi) is 6.28. The van der Waals surface area contributed by atoms with Crippen molar-refractivity contribution in [3.8, 4) is 0 Å². The first-order chi connectivity index (χ1) is 9.95. The van der Waals surface area contributed by atoms with Gasteiger partial charge in [-0.3, -0.25) is 14.9 Å². The first kappa shape index (κ1) is 16.6. The first-order valence-corrected chi connectivity index (χ1v) is 6.35. The van der Waals surface area contributed by atoms with Crippen molar-refractivity contribution < 1.29 is 24.4 Å². The van der Waals surface area contributed by atoms with Crippen molar-refractivity contribution in [3.63, 3.8) is 0 Å². The zero-order chi connectivity index (χ0) is 15.8. The lowest BCUT2D eigenvalue weighted by molar-refractivity contribution is -0.384. The summed E-state index contributed by atoms with van der Waals surface area (Å²) < 4.78 is 5.15. The molecule has 0 aliphatic carbocycles. The van der Waals surface area contributed by atoms with Crippen molar-refractivity contribution in [2.24, 2.45) is 0 Å². The van der Waals surface area contributed by atoms with Gasteiger partial charge < -0.3 is 15.2 Å². The maximum absolute atomic E-state index is 11.7. The van der Waals surface area contributed by atoms with E-state index in [9.17, 15) is 19.7 Å². The summed E-state index contributed by atoms with van der Waals surface area (Å²) in [5, 5.41) is 22.1. The highest BCUT2D eigenvalue weighted by atomic mass is 16.6. The fourth-order valence-electron chi connectivity index (χ4n) is 1.56. The van der Waals surface area contributed by atoms with Gasteiger partial charge in [-0.1, -0.05) is 6.92 Å². The number of carbonyl (C=O) groups excluding carboxylic acids is 1. The molecule has 2 N–H and O–H groups in total. The van der Waals surface area contributed by atoms with Crippen LogP contribution >= 0.6 is 0 Å². The second-order valence-corrected chi connectivity index (χ2v) is 4.20. The van der Waals surface area contributed by atoms with E-state index in [-0.39, 0.29) is 30.0 Å². The van der Waals surface area contributed by atoms with Crippen LogP contribution in [0.15, 0.2) is 18.2 Å². The van der Waals surface area contributed by atoms with Gasteiger partial charge in [-0.05, 0) is 12.5 Å². The molecule has 0 fully saturated rings. The summed E-state index contributed by atoms with van der Waals surface area (Å²) in [4.78, 5) is 32.7. The number of non-ortho nitro benzene ring substituents is 1. The van der Waals surface area contributed by atoms with Crippen LogP contribution in [-0.4, -0.2) is 35.1 Å². The maximum atomic E-state index is 11.7. The van der Waals surface area contributed by atoms with E-state index in [4.69, 9.17) is 9.84 Å². The molecule has 0 radical (unpaired) electrons. The minimum absolute atomic E-state index is 0.0434. The van der Waals surface area contributed by atoms with Crippen LogP contribution in [0.25, 0.3) is 0 Å². The average molecular weight is 296 g/mol. The van der Waals surface area contributed by atoms with Crippen LogP contribution in [0, 0.1) is 10.1 Å². The molecule has 114 valence electrons. The van der Waals surface area contributed by atoms with Crippen LogP contribution in [0.4, 0.5) is 11.4 Å². The summed E-state index contributed by atoms with van der Waals surface area (Å²) >= 11 is 0. The van der Waals surface area contributed by atoms with Gasteiger partial charge >= 0.3 is 5.97 Å². The number of nitrogens with one attached hydrogen (secondary N) is 1. The summed E-state index contributed by atoms with van der Waals surface area (Å²) in [5.74, 6) is -1.74. The van der Waals surface area contributed by atoms with E-state index in [2.05, 4.69) is 5.32 Å². The lowest BCUT2D eigenvalue weighted by Crippen LogP contribution is -2.16. The van der Waals surface area contributed by atoms with Crippen molar-refractivity contribution in [2.75, 3.05) is 18.5 Å². The van der Waals surface area contributed by atoms with Crippen molar-refractivity contribution in [1.29, 1.82) is 0 Å². The van der Waals surface area contributed by atoms with Gasteiger partial charge in [-0.2, -0.15) is 0 Å². The lowest BCUT2D eigenvalue weighted by atomic mass is 10.1. The second-order valence-electron chi connectivity index (χ2n) is 4.20. The van der Waals surface area contributed by atoms with Crippen LogP contribution in [0.5, 0.6) is 0 Å². The van der Waals surface area contributed by atoms with Gasteiger partial charge in [0.15, 0.2) is 0 Å². The number of carboxylic acid groups (broad SMARTS) is 1. The van der Waals surface area contributed by atoms with Crippen molar-refractivity contribution in [2.45, 2.75) is 19.8 Å². The standard InChI is InChI=1S/C13H16N2O6/c1-2-6-21-7-5-12(16)14-11-8-9(15(19)20)3-4-10(11)13(17)18/h3-4,8H,2,5-7H2,1H3,(H,14,16)(H,17,18). The molecule has 8 nitrogen and oxygen atoms in total. The summed E-state index contributed by atoms with van der Waals surface area (Å²) in [6.07, 6.45) is 0.872. The van der Waals surface area contributed by atoms with E-state index in [0.29, 0.717) is 6.61 Å². The Balaban J connectivity index is 2.79. The molecule has 1 amide bonds. The number of nitro benzene ring substituents is 1. The number of hydrogen-bond acceptors (Lipinski definition) is 5. The van der Waals surface area contributed by atoms with Gasteiger partial charge in [0.25, 0.3) is 5.69 Å². The molecule has 0 aliphatic heterocycles. The number of carbonyl (C=O) groups is 2. The number of benzene rings is 1. The summed E-state index contributed by atoms with van der Waals surface area (Å²) in [7, 11) is 0. The molecule has 0 saturated carbocycles. The fourth-order valence-corrected chi connectivity index (χ4v) is 1.56. The molecule has 0 saturated heterocycles. The van der Waals surface area contributed by atoms with E-state index in [0.717, 1.165) is 24.6 Å². The minimum atomic E-state index is -1.28. The van der Waals surface area contributed by atoms with Crippen molar-refractivity contribution >= 4 is 23.3 Å². The Labute approximate surface area is 120 Å². The number of nitrogens with zero attached hydrogens (tertiary/aromatic N) is 1. The highest BCUT2D eigenvalue weighted by Gasteiger charge is 2.17. The van der Waals surface area contributed by atoms with Gasteiger partial charge in [-0.25, -0.2) is 4.79 Å². The monoisotopic (exact) mass is 296 g/mol. The molecule has 0 unspecified atom stereocenters. The molecule has 21 heavy (non-hydrogen) atoms. The number of rotatable bonds is 8. The van der Waals surface area contributed by atoms with Crippen molar-refractivity contribution in [1.82, 2.24) is 0 Å². The number of anilines is 1. The van der Waals surface area contributed by atoms with E-state index in [1.807, 2.05) is 6.92 Å². The smallest absolute Gasteiger partial charge is 0.337 e. The highest BCUT2D eigenvalue weighted by molar-refractivity contribution is 6.01. The Morgan fingerprint density at radius 1 is 1.38 bits per heavy atom. The average Bonchev–Trinajstić information content (AvgIpc) is 2.43. The molecule has 0 aromatic heterocycles. The third kappa shape index (κ3) is 5.19. The molecule has 1 aromatic rings. The van der Waals surface area contributed by atoms with Crippen LogP contribution < -0.4 is 5.32 Å².